The molecule has 2 heterocycles. The molecule has 1 saturated heterocycles. The molecule has 0 bridgehead atoms. The average Bonchev–Trinajstić information content (AvgIpc) is 2.85. The van der Waals surface area contributed by atoms with Crippen molar-refractivity contribution in [2.24, 2.45) is 0 Å². The quantitative estimate of drug-likeness (QED) is 0.871. The van der Waals surface area contributed by atoms with E-state index in [1.54, 1.807) is 0 Å². The molecule has 1 atom stereocenters. The molecule has 17 heavy (non-hydrogen) atoms. The number of nitrogens with zero attached hydrogens (tertiary/aromatic N) is 2. The Bertz CT molecular complexity index is 384. The van der Waals surface area contributed by atoms with Crippen LogP contribution >= 0.6 is 0 Å². The van der Waals surface area contributed by atoms with Gasteiger partial charge in [0.1, 0.15) is 0 Å². The molecule has 2 rings (SSSR count). The smallest absolute Gasteiger partial charge is 0.292 e. The minimum atomic E-state index is -4.37. The first-order valence-electron chi connectivity index (χ1n) is 5.78. The fourth-order valence-corrected chi connectivity index (χ4v) is 2.39. The van der Waals surface area contributed by atoms with Crippen LogP contribution in [-0.4, -0.2) is 27.7 Å². The van der Waals surface area contributed by atoms with E-state index >= 15 is 0 Å². The summed E-state index contributed by atoms with van der Waals surface area (Å²) in [5.74, 6) is 0. The molecule has 0 aromatic carbocycles. The lowest BCUT2D eigenvalue weighted by Gasteiger charge is -2.27. The molecule has 0 amide bonds. The molecular weight excluding hydrogens is 231 g/mol. The lowest BCUT2D eigenvalue weighted by Crippen LogP contribution is -2.30. The first-order valence-corrected chi connectivity index (χ1v) is 5.78. The number of H-pyrrole nitrogens is 1. The number of alkyl halides is 3. The highest BCUT2D eigenvalue weighted by molar-refractivity contribution is 5.16. The van der Waals surface area contributed by atoms with Gasteiger partial charge in [-0.25, -0.2) is 0 Å². The zero-order chi connectivity index (χ0) is 12.6. The first-order chi connectivity index (χ1) is 7.89. The van der Waals surface area contributed by atoms with Gasteiger partial charge >= 0.3 is 6.18 Å². The minimum Gasteiger partial charge on any atom is -0.292 e. The highest BCUT2D eigenvalue weighted by Gasteiger charge is 2.36. The van der Waals surface area contributed by atoms with Crippen molar-refractivity contribution in [3.8, 4) is 0 Å². The van der Waals surface area contributed by atoms with Gasteiger partial charge in [0.05, 0.1) is 11.7 Å². The van der Waals surface area contributed by atoms with Crippen LogP contribution < -0.4 is 0 Å². The summed E-state index contributed by atoms with van der Waals surface area (Å²) in [6.07, 6.45) is -2.46. The highest BCUT2D eigenvalue weighted by Crippen LogP contribution is 2.35. The predicted molar refractivity (Wildman–Crippen MR) is 57.4 cm³/mol. The van der Waals surface area contributed by atoms with Crippen LogP contribution in [0.15, 0.2) is 6.07 Å². The van der Waals surface area contributed by atoms with Gasteiger partial charge < -0.3 is 0 Å². The van der Waals surface area contributed by atoms with Gasteiger partial charge in [-0.1, -0.05) is 0 Å². The molecule has 0 spiro atoms. The third-order valence-electron chi connectivity index (χ3n) is 3.20. The first kappa shape index (κ1) is 12.4. The zero-order valence-electron chi connectivity index (χ0n) is 9.88. The normalized spacial score (nSPS) is 22.6. The monoisotopic (exact) mass is 247 g/mol. The molecular formula is C11H16F3N3. The number of likely N-dealkylation sites (tertiary alicyclic amines) is 1. The number of aromatic nitrogens is 2. The van der Waals surface area contributed by atoms with Crippen molar-refractivity contribution in [1.82, 2.24) is 15.1 Å². The number of hydrogen-bond donors (Lipinski definition) is 1. The Morgan fingerprint density at radius 2 is 2.18 bits per heavy atom. The predicted octanol–water partition coefficient (Wildman–Crippen LogP) is 2.97. The van der Waals surface area contributed by atoms with Gasteiger partial charge in [-0.05, 0) is 39.3 Å². The molecule has 0 saturated carbocycles. The maximum Gasteiger partial charge on any atom is 0.435 e. The van der Waals surface area contributed by atoms with Gasteiger partial charge in [0, 0.05) is 6.04 Å². The molecule has 1 aromatic rings. The Morgan fingerprint density at radius 3 is 2.71 bits per heavy atom. The Morgan fingerprint density at radius 1 is 1.47 bits per heavy atom. The van der Waals surface area contributed by atoms with Crippen LogP contribution in [0.3, 0.4) is 0 Å². The second-order valence-corrected chi connectivity index (χ2v) is 4.70. The molecule has 1 aromatic heterocycles. The highest BCUT2D eigenvalue weighted by atomic mass is 19.4. The van der Waals surface area contributed by atoms with Crippen LogP contribution in [-0.2, 0) is 6.18 Å². The van der Waals surface area contributed by atoms with Crippen LogP contribution in [0.25, 0.3) is 0 Å². The standard InChI is InChI=1S/C11H16F3N3/c1-7(2)17-5-3-4-9(17)8-6-10(16-15-8)11(12,13)14/h6-7,9H,3-5H2,1-2H3,(H,15,16)/t9-/m1/s1. The van der Waals surface area contributed by atoms with Gasteiger partial charge in [0.15, 0.2) is 5.69 Å². The van der Waals surface area contributed by atoms with Gasteiger partial charge in [-0.2, -0.15) is 18.3 Å². The molecule has 96 valence electrons. The lowest BCUT2D eigenvalue weighted by atomic mass is 10.1. The van der Waals surface area contributed by atoms with Gasteiger partial charge in [-0.15, -0.1) is 0 Å². The third kappa shape index (κ3) is 2.46. The minimum absolute atomic E-state index is 0.0404. The molecule has 0 radical (unpaired) electrons. The average molecular weight is 247 g/mol. The van der Waals surface area contributed by atoms with Gasteiger partial charge in [0.2, 0.25) is 0 Å². The zero-order valence-corrected chi connectivity index (χ0v) is 9.88. The Labute approximate surface area is 98.0 Å². The van der Waals surface area contributed by atoms with Crippen LogP contribution in [0.1, 0.15) is 44.1 Å². The van der Waals surface area contributed by atoms with E-state index in [1.165, 1.54) is 0 Å². The van der Waals surface area contributed by atoms with Crippen LogP contribution in [0.2, 0.25) is 0 Å². The summed E-state index contributed by atoms with van der Waals surface area (Å²) in [4.78, 5) is 2.20. The van der Waals surface area contributed by atoms with Crippen molar-refractivity contribution in [2.45, 2.75) is 44.9 Å². The van der Waals surface area contributed by atoms with Crippen molar-refractivity contribution in [1.29, 1.82) is 0 Å². The lowest BCUT2D eigenvalue weighted by molar-refractivity contribution is -0.141. The summed E-state index contributed by atoms with van der Waals surface area (Å²) < 4.78 is 37.3. The number of rotatable bonds is 2. The van der Waals surface area contributed by atoms with Crippen LogP contribution in [0, 0.1) is 0 Å². The maximum atomic E-state index is 12.4. The van der Waals surface area contributed by atoms with E-state index in [0.717, 1.165) is 25.5 Å². The topological polar surface area (TPSA) is 31.9 Å². The van der Waals surface area contributed by atoms with E-state index in [2.05, 4.69) is 28.9 Å². The SMILES string of the molecule is CC(C)N1CCC[C@@H]1c1cc(C(F)(F)F)n[nH]1. The number of hydrogen-bond acceptors (Lipinski definition) is 2. The summed E-state index contributed by atoms with van der Waals surface area (Å²) >= 11 is 0. The Hall–Kier alpha value is -1.04. The van der Waals surface area contributed by atoms with E-state index in [4.69, 9.17) is 0 Å². The second-order valence-electron chi connectivity index (χ2n) is 4.70. The maximum absolute atomic E-state index is 12.4. The molecule has 0 aliphatic carbocycles. The largest absolute Gasteiger partial charge is 0.435 e. The Kier molecular flexibility index (Phi) is 3.16. The van der Waals surface area contributed by atoms with Crippen molar-refractivity contribution in [2.75, 3.05) is 6.54 Å². The van der Waals surface area contributed by atoms with E-state index in [9.17, 15) is 13.2 Å². The molecule has 3 nitrogen and oxygen atoms in total. The molecule has 1 aliphatic heterocycles. The summed E-state index contributed by atoms with van der Waals surface area (Å²) in [7, 11) is 0. The number of aromatic amines is 1. The fraction of sp³-hybridized carbons (Fsp3) is 0.727. The van der Waals surface area contributed by atoms with E-state index in [0.29, 0.717) is 11.7 Å². The summed E-state index contributed by atoms with van der Waals surface area (Å²) in [6.45, 7) is 5.04. The van der Waals surface area contributed by atoms with Crippen LogP contribution in [0.4, 0.5) is 13.2 Å². The Balaban J connectivity index is 2.20. The number of halogens is 3. The molecule has 1 aliphatic rings. The van der Waals surface area contributed by atoms with Crippen molar-refractivity contribution in [3.05, 3.63) is 17.5 Å². The second kappa shape index (κ2) is 4.33. The third-order valence-corrected chi connectivity index (χ3v) is 3.20. The summed E-state index contributed by atoms with van der Waals surface area (Å²) in [6, 6.07) is 1.50. The van der Waals surface area contributed by atoms with Gasteiger partial charge in [0.25, 0.3) is 0 Å². The van der Waals surface area contributed by atoms with Crippen molar-refractivity contribution >= 4 is 0 Å². The van der Waals surface area contributed by atoms with E-state index in [-0.39, 0.29) is 6.04 Å². The van der Waals surface area contributed by atoms with Crippen LogP contribution in [0.5, 0.6) is 0 Å². The molecule has 6 heteroatoms. The fourth-order valence-electron chi connectivity index (χ4n) is 2.39. The summed E-state index contributed by atoms with van der Waals surface area (Å²) in [5, 5.41) is 5.88. The molecule has 1 fully saturated rings. The molecule has 0 unspecified atom stereocenters. The van der Waals surface area contributed by atoms with E-state index in [1.807, 2.05) is 0 Å². The van der Waals surface area contributed by atoms with E-state index < -0.39 is 11.9 Å². The molecule has 1 N–H and O–H groups in total. The van der Waals surface area contributed by atoms with Gasteiger partial charge in [-0.3, -0.25) is 10.00 Å². The van der Waals surface area contributed by atoms with Crippen molar-refractivity contribution in [3.63, 3.8) is 0 Å². The number of nitrogens with one attached hydrogen (secondary N) is 1. The van der Waals surface area contributed by atoms with Crippen molar-refractivity contribution < 1.29 is 13.2 Å². The summed E-state index contributed by atoms with van der Waals surface area (Å²) in [5.41, 5.74) is -0.258.